The van der Waals surface area contributed by atoms with Crippen molar-refractivity contribution in [3.05, 3.63) is 12.7 Å². The van der Waals surface area contributed by atoms with Crippen molar-refractivity contribution in [2.45, 2.75) is 0 Å². The Morgan fingerprint density at radius 2 is 2.17 bits per heavy atom. The number of hydrogen-bond acceptors (Lipinski definition) is 1. The van der Waals surface area contributed by atoms with Crippen LogP contribution in [0.15, 0.2) is 12.7 Å². The molecule has 0 aromatic rings. The fourth-order valence-electron chi connectivity index (χ4n) is 0. The number of nitrogens with two attached hydrogens (primary N) is 1. The normalized spacial score (nSPS) is 5.33. The zero-order chi connectivity index (χ0) is 4.28. The minimum atomic E-state index is -0.481. The van der Waals surface area contributed by atoms with Crippen LogP contribution in [0.3, 0.4) is 0 Å². The van der Waals surface area contributed by atoms with Gasteiger partial charge in [0.2, 0.25) is 5.91 Å². The van der Waals surface area contributed by atoms with Gasteiger partial charge in [-0.3, -0.25) is 4.79 Å². The molecule has 0 spiro atoms. The van der Waals surface area contributed by atoms with Crippen LogP contribution in [0, 0.1) is 0 Å². The van der Waals surface area contributed by atoms with Crippen molar-refractivity contribution in [3.63, 3.8) is 0 Å². The fourth-order valence-corrected chi connectivity index (χ4v) is 0. The van der Waals surface area contributed by atoms with Gasteiger partial charge in [0.05, 0.1) is 0 Å². The van der Waals surface area contributed by atoms with E-state index in [4.69, 9.17) is 0 Å². The van der Waals surface area contributed by atoms with E-state index in [9.17, 15) is 4.79 Å². The molecule has 2 N–H and O–H groups in total. The van der Waals surface area contributed by atoms with E-state index in [1.54, 1.807) is 0 Å². The van der Waals surface area contributed by atoms with Crippen LogP contribution in [0.1, 0.15) is 2.85 Å². The van der Waals surface area contributed by atoms with Crippen molar-refractivity contribution in [1.29, 1.82) is 0 Å². The molecule has 2 nitrogen and oxygen atoms in total. The van der Waals surface area contributed by atoms with Gasteiger partial charge in [-0.2, -0.15) is 0 Å². The average Bonchev–Trinajstić information content (AvgIpc) is 1.38. The Balaban J connectivity index is -0.0000000267. The summed E-state index contributed by atoms with van der Waals surface area (Å²) in [6.45, 7) is 3.09. The maximum atomic E-state index is 9.47. The first-order valence-corrected chi connectivity index (χ1v) is 1.19. The second-order valence-corrected chi connectivity index (χ2v) is 0.606. The molecule has 0 radical (unpaired) electrons. The first-order valence-electron chi connectivity index (χ1n) is 1.19. The standard InChI is InChI=1S/C3H5NO.Mg.2H/c1-2-3(4)5;;;/h2H,1H2,(H2,4,5);;;/q;+2;2*-1. The maximum Gasteiger partial charge on any atom is 2.00 e. The molecule has 0 aliphatic carbocycles. The minimum absolute atomic E-state index is 0. The molecule has 0 heterocycles. The molecule has 0 unspecified atom stereocenters. The predicted molar refractivity (Wildman–Crippen MR) is 27.4 cm³/mol. The van der Waals surface area contributed by atoms with Gasteiger partial charge in [0, 0.05) is 0 Å². The molecule has 0 aliphatic rings. The molecule has 0 aliphatic heterocycles. The fraction of sp³-hybridized carbons (Fsp3) is 0. The van der Waals surface area contributed by atoms with Crippen LogP contribution in [0.25, 0.3) is 0 Å². The molecule has 0 atom stereocenters. The number of amides is 1. The van der Waals surface area contributed by atoms with Crippen LogP contribution in [0.4, 0.5) is 0 Å². The smallest absolute Gasteiger partial charge is 1.00 e. The monoisotopic (exact) mass is 97.0 g/mol. The summed E-state index contributed by atoms with van der Waals surface area (Å²) in [7, 11) is 0. The minimum Gasteiger partial charge on any atom is -1.00 e. The summed E-state index contributed by atoms with van der Waals surface area (Å²) in [5.41, 5.74) is 4.53. The Morgan fingerprint density at radius 1 is 2.00 bits per heavy atom. The number of rotatable bonds is 1. The third-order valence-electron chi connectivity index (χ3n) is 0.201. The third-order valence-corrected chi connectivity index (χ3v) is 0.201. The van der Waals surface area contributed by atoms with Gasteiger partial charge in [-0.25, -0.2) is 0 Å². The Kier molecular flexibility index (Phi) is 7.76. The quantitative estimate of drug-likeness (QED) is 0.348. The van der Waals surface area contributed by atoms with Crippen LogP contribution >= 0.6 is 0 Å². The van der Waals surface area contributed by atoms with Crippen molar-refractivity contribution in [2.75, 3.05) is 0 Å². The molecule has 32 valence electrons. The summed E-state index contributed by atoms with van der Waals surface area (Å²) in [5.74, 6) is -0.481. The second-order valence-electron chi connectivity index (χ2n) is 0.606. The van der Waals surface area contributed by atoms with Crippen molar-refractivity contribution < 1.29 is 7.65 Å². The Morgan fingerprint density at radius 3 is 2.17 bits per heavy atom. The molecule has 1 amide bonds. The molecule has 0 bridgehead atoms. The summed E-state index contributed by atoms with van der Waals surface area (Å²) < 4.78 is 0. The number of carbonyl (C=O) groups is 1. The number of hydrogen-bond donors (Lipinski definition) is 1. The molecule has 0 aromatic heterocycles. The maximum absolute atomic E-state index is 9.47. The van der Waals surface area contributed by atoms with Crippen molar-refractivity contribution in [2.24, 2.45) is 5.73 Å². The largest absolute Gasteiger partial charge is 2.00 e. The Labute approximate surface area is 55.5 Å². The molecule has 6 heavy (non-hydrogen) atoms. The van der Waals surface area contributed by atoms with Gasteiger partial charge in [-0.15, -0.1) is 0 Å². The molecule has 0 aromatic carbocycles. The Bertz CT molecular complexity index is 68.3. The van der Waals surface area contributed by atoms with Gasteiger partial charge in [-0.05, 0) is 6.08 Å². The summed E-state index contributed by atoms with van der Waals surface area (Å²) >= 11 is 0. The second kappa shape index (κ2) is 4.98. The van der Waals surface area contributed by atoms with Gasteiger partial charge in [0.1, 0.15) is 0 Å². The van der Waals surface area contributed by atoms with E-state index in [0.29, 0.717) is 0 Å². The van der Waals surface area contributed by atoms with Crippen LogP contribution in [-0.4, -0.2) is 29.0 Å². The molecular formula is C3H7MgNO. The van der Waals surface area contributed by atoms with Crippen molar-refractivity contribution in [1.82, 2.24) is 0 Å². The molecular weight excluding hydrogens is 90.3 g/mol. The van der Waals surface area contributed by atoms with Gasteiger partial charge < -0.3 is 8.59 Å². The van der Waals surface area contributed by atoms with Crippen LogP contribution in [0.2, 0.25) is 0 Å². The zero-order valence-corrected chi connectivity index (χ0v) is 4.89. The van der Waals surface area contributed by atoms with Crippen molar-refractivity contribution in [3.8, 4) is 0 Å². The van der Waals surface area contributed by atoms with Gasteiger partial charge in [0.15, 0.2) is 0 Å². The summed E-state index contributed by atoms with van der Waals surface area (Å²) in [4.78, 5) is 9.47. The number of carbonyl (C=O) groups excluding carboxylic acids is 1. The van der Waals surface area contributed by atoms with Crippen LogP contribution in [0.5, 0.6) is 0 Å². The van der Waals surface area contributed by atoms with E-state index in [-0.39, 0.29) is 25.9 Å². The zero-order valence-electron chi connectivity index (χ0n) is 5.48. The van der Waals surface area contributed by atoms with Gasteiger partial charge >= 0.3 is 23.1 Å². The molecule has 3 heteroatoms. The molecule has 0 saturated heterocycles. The number of primary amides is 1. The topological polar surface area (TPSA) is 43.1 Å². The van der Waals surface area contributed by atoms with E-state index < -0.39 is 5.91 Å². The van der Waals surface area contributed by atoms with Crippen LogP contribution in [-0.2, 0) is 4.79 Å². The van der Waals surface area contributed by atoms with E-state index in [1.807, 2.05) is 0 Å². The SMILES string of the molecule is C=CC(N)=O.[H-].[H-].[Mg+2]. The predicted octanol–water partition coefficient (Wildman–Crippen LogP) is -0.498. The van der Waals surface area contributed by atoms with Gasteiger partial charge in [0.25, 0.3) is 0 Å². The summed E-state index contributed by atoms with van der Waals surface area (Å²) in [6, 6.07) is 0. The van der Waals surface area contributed by atoms with Crippen LogP contribution < -0.4 is 5.73 Å². The third kappa shape index (κ3) is 9.02. The molecule has 0 fully saturated rings. The average molecular weight is 97.4 g/mol. The van der Waals surface area contributed by atoms with E-state index in [2.05, 4.69) is 12.3 Å². The van der Waals surface area contributed by atoms with E-state index >= 15 is 0 Å². The molecule has 0 saturated carbocycles. The first kappa shape index (κ1) is 9.36. The summed E-state index contributed by atoms with van der Waals surface area (Å²) in [5, 5.41) is 0. The summed E-state index contributed by atoms with van der Waals surface area (Å²) in [6.07, 6.45) is 1.06. The van der Waals surface area contributed by atoms with E-state index in [0.717, 1.165) is 6.08 Å². The molecule has 0 rings (SSSR count). The van der Waals surface area contributed by atoms with Crippen molar-refractivity contribution >= 4 is 29.0 Å². The van der Waals surface area contributed by atoms with E-state index in [1.165, 1.54) is 0 Å². The first-order chi connectivity index (χ1) is 2.27. The Hall–Kier alpha value is -0.0238. The van der Waals surface area contributed by atoms with Gasteiger partial charge in [-0.1, -0.05) is 6.58 Å².